The zero-order valence-corrected chi connectivity index (χ0v) is 8.83. The van der Waals surface area contributed by atoms with Crippen molar-refractivity contribution in [2.75, 3.05) is 0 Å². The lowest BCUT2D eigenvalue weighted by Gasteiger charge is -2.04. The Morgan fingerprint density at radius 2 is 2.00 bits per heavy atom. The van der Waals surface area contributed by atoms with Gasteiger partial charge in [0.1, 0.15) is 0 Å². The van der Waals surface area contributed by atoms with E-state index in [1.807, 2.05) is 0 Å². The second-order valence-corrected chi connectivity index (χ2v) is 4.08. The molecule has 1 aromatic carbocycles. The minimum atomic E-state index is 0.612. The summed E-state index contributed by atoms with van der Waals surface area (Å²) < 4.78 is 0. The van der Waals surface area contributed by atoms with Gasteiger partial charge in [-0.3, -0.25) is 0 Å². The molecule has 14 heavy (non-hydrogen) atoms. The number of fused-ring (bicyclic) bond motifs is 1. The number of rotatable bonds is 1. The molecule has 0 aliphatic heterocycles. The van der Waals surface area contributed by atoms with E-state index in [1.54, 1.807) is 0 Å². The van der Waals surface area contributed by atoms with Gasteiger partial charge in [0.15, 0.2) is 0 Å². The molecular formula is C14H16. The van der Waals surface area contributed by atoms with Gasteiger partial charge in [0.25, 0.3) is 0 Å². The normalized spacial score (nSPS) is 14.2. The van der Waals surface area contributed by atoms with Crippen molar-refractivity contribution in [2.45, 2.75) is 26.2 Å². The van der Waals surface area contributed by atoms with Crippen molar-refractivity contribution in [1.82, 2.24) is 0 Å². The molecule has 0 nitrogen and oxygen atoms in total. The molecule has 0 amide bonds. The van der Waals surface area contributed by atoms with Gasteiger partial charge in [-0.1, -0.05) is 56.4 Å². The predicted octanol–water partition coefficient (Wildman–Crippen LogP) is 2.33. The van der Waals surface area contributed by atoms with Crippen LogP contribution in [0.2, 0.25) is 0 Å². The van der Waals surface area contributed by atoms with Crippen LogP contribution in [0.5, 0.6) is 0 Å². The molecule has 0 spiro atoms. The van der Waals surface area contributed by atoms with E-state index in [0.717, 1.165) is 6.42 Å². The third kappa shape index (κ3) is 1.79. The first kappa shape index (κ1) is 9.26. The van der Waals surface area contributed by atoms with Crippen molar-refractivity contribution < 1.29 is 0 Å². The number of hydrogen-bond donors (Lipinski definition) is 0. The third-order valence-electron chi connectivity index (χ3n) is 2.66. The summed E-state index contributed by atoms with van der Waals surface area (Å²) in [6.45, 7) is 4.47. The lowest BCUT2D eigenvalue weighted by Crippen LogP contribution is -2.24. The van der Waals surface area contributed by atoms with Crippen LogP contribution in [-0.4, -0.2) is 0 Å². The van der Waals surface area contributed by atoms with E-state index in [2.05, 4.69) is 56.4 Å². The van der Waals surface area contributed by atoms with E-state index in [1.165, 1.54) is 16.0 Å². The maximum Gasteiger partial charge on any atom is -0.0157 e. The van der Waals surface area contributed by atoms with Gasteiger partial charge in [-0.2, -0.15) is 0 Å². The molecule has 0 fully saturated rings. The van der Waals surface area contributed by atoms with E-state index >= 15 is 0 Å². The van der Waals surface area contributed by atoms with Gasteiger partial charge in [-0.05, 0) is 28.3 Å². The molecule has 1 aliphatic rings. The maximum absolute atomic E-state index is 2.30. The first-order valence-corrected chi connectivity index (χ1v) is 5.24. The van der Waals surface area contributed by atoms with E-state index in [4.69, 9.17) is 0 Å². The summed E-state index contributed by atoms with van der Waals surface area (Å²) in [7, 11) is 0. The van der Waals surface area contributed by atoms with Gasteiger partial charge in [0.2, 0.25) is 0 Å². The summed E-state index contributed by atoms with van der Waals surface area (Å²) >= 11 is 0. The third-order valence-corrected chi connectivity index (χ3v) is 2.66. The Morgan fingerprint density at radius 1 is 1.14 bits per heavy atom. The fraction of sp³-hybridized carbons (Fsp3) is 0.286. The molecule has 72 valence electrons. The Morgan fingerprint density at radius 3 is 2.79 bits per heavy atom. The molecule has 0 N–H and O–H groups in total. The van der Waals surface area contributed by atoms with Crippen LogP contribution in [0.1, 0.15) is 31.7 Å². The lowest BCUT2D eigenvalue weighted by molar-refractivity contribution is 0.864. The molecule has 0 heterocycles. The Hall–Kier alpha value is -1.30. The van der Waals surface area contributed by atoms with E-state index in [9.17, 15) is 0 Å². The quantitative estimate of drug-likeness (QED) is 0.628. The van der Waals surface area contributed by atoms with Crippen molar-refractivity contribution >= 4 is 12.2 Å². The second-order valence-electron chi connectivity index (χ2n) is 4.08. The summed E-state index contributed by atoms with van der Waals surface area (Å²) in [4.78, 5) is 0. The van der Waals surface area contributed by atoms with Crippen LogP contribution in [0.3, 0.4) is 0 Å². The Kier molecular flexibility index (Phi) is 2.53. The van der Waals surface area contributed by atoms with Crippen molar-refractivity contribution in [1.29, 1.82) is 0 Å². The standard InChI is InChI=1S/C14H16/c1-11(2)13-9-8-12-6-4-3-5-7-14(12)10-13/h3,5-11H,4H2,1-2H3. The highest BCUT2D eigenvalue weighted by Gasteiger charge is 1.98. The van der Waals surface area contributed by atoms with Crippen molar-refractivity contribution in [2.24, 2.45) is 0 Å². The monoisotopic (exact) mass is 184 g/mol. The number of hydrogen-bond acceptors (Lipinski definition) is 0. The molecule has 0 aromatic heterocycles. The number of allylic oxidation sites excluding steroid dienone is 2. The molecule has 0 saturated carbocycles. The fourth-order valence-electron chi connectivity index (χ4n) is 1.73. The van der Waals surface area contributed by atoms with Crippen LogP contribution in [0, 0.1) is 0 Å². The molecule has 0 bridgehead atoms. The Balaban J connectivity index is 2.63. The highest BCUT2D eigenvalue weighted by molar-refractivity contribution is 5.45. The smallest absolute Gasteiger partial charge is 0.0157 e. The van der Waals surface area contributed by atoms with E-state index in [-0.39, 0.29) is 0 Å². The second kappa shape index (κ2) is 3.83. The molecule has 1 aliphatic carbocycles. The summed E-state index contributed by atoms with van der Waals surface area (Å²) in [6, 6.07) is 6.76. The molecule has 0 saturated heterocycles. The van der Waals surface area contributed by atoms with Gasteiger partial charge in [0.05, 0.1) is 0 Å². The molecule has 0 unspecified atom stereocenters. The van der Waals surface area contributed by atoms with Crippen LogP contribution in [0.4, 0.5) is 0 Å². The van der Waals surface area contributed by atoms with Gasteiger partial charge >= 0.3 is 0 Å². The molecule has 0 heteroatoms. The lowest BCUT2D eigenvalue weighted by atomic mass is 10.0. The van der Waals surface area contributed by atoms with Crippen LogP contribution in [-0.2, 0) is 0 Å². The topological polar surface area (TPSA) is 0 Å². The molecule has 0 atom stereocenters. The molecule has 0 radical (unpaired) electrons. The summed E-state index contributed by atoms with van der Waals surface area (Å²) in [6.07, 6.45) is 9.86. The van der Waals surface area contributed by atoms with Gasteiger partial charge in [-0.15, -0.1) is 0 Å². The van der Waals surface area contributed by atoms with Gasteiger partial charge in [-0.25, -0.2) is 0 Å². The zero-order valence-electron chi connectivity index (χ0n) is 8.83. The SMILES string of the molecule is CC(C)c1ccc2c(c1)=CC=CCC=2. The number of benzene rings is 1. The highest BCUT2D eigenvalue weighted by Crippen LogP contribution is 2.09. The first-order valence-electron chi connectivity index (χ1n) is 5.24. The summed E-state index contributed by atoms with van der Waals surface area (Å²) in [5, 5.41) is 2.71. The van der Waals surface area contributed by atoms with Crippen LogP contribution in [0.15, 0.2) is 30.4 Å². The minimum Gasteiger partial charge on any atom is -0.0807 e. The zero-order chi connectivity index (χ0) is 9.97. The van der Waals surface area contributed by atoms with Gasteiger partial charge in [0, 0.05) is 0 Å². The van der Waals surface area contributed by atoms with Crippen LogP contribution in [0.25, 0.3) is 12.2 Å². The van der Waals surface area contributed by atoms with Crippen LogP contribution >= 0.6 is 0 Å². The van der Waals surface area contributed by atoms with E-state index in [0.29, 0.717) is 5.92 Å². The summed E-state index contributed by atoms with van der Waals surface area (Å²) in [5.41, 5.74) is 1.42. The van der Waals surface area contributed by atoms with Crippen molar-refractivity contribution in [3.8, 4) is 0 Å². The largest absolute Gasteiger partial charge is 0.0807 e. The summed E-state index contributed by atoms with van der Waals surface area (Å²) in [5.74, 6) is 0.612. The molecular weight excluding hydrogens is 168 g/mol. The molecule has 1 aromatic rings. The average molecular weight is 184 g/mol. The molecule has 2 rings (SSSR count). The van der Waals surface area contributed by atoms with Crippen molar-refractivity contribution in [3.63, 3.8) is 0 Å². The fourth-order valence-corrected chi connectivity index (χ4v) is 1.73. The Bertz CT molecular complexity index is 461. The van der Waals surface area contributed by atoms with Crippen molar-refractivity contribution in [3.05, 3.63) is 46.4 Å². The van der Waals surface area contributed by atoms with E-state index < -0.39 is 0 Å². The first-order chi connectivity index (χ1) is 6.77. The predicted molar refractivity (Wildman–Crippen MR) is 62.5 cm³/mol. The maximum atomic E-state index is 2.30. The van der Waals surface area contributed by atoms with Crippen LogP contribution < -0.4 is 10.4 Å². The van der Waals surface area contributed by atoms with Gasteiger partial charge < -0.3 is 0 Å². The Labute approximate surface area is 85.3 Å². The highest BCUT2D eigenvalue weighted by atomic mass is 14.0. The minimum absolute atomic E-state index is 0.612. The average Bonchev–Trinajstić information content (AvgIpc) is 2.41.